The smallest absolute Gasteiger partial charge is 0.253 e. The lowest BCUT2D eigenvalue weighted by Gasteiger charge is -2.38. The molecule has 2 aromatic carbocycles. The third-order valence-corrected chi connectivity index (χ3v) is 5.87. The number of ether oxygens (including phenoxy) is 2. The summed E-state index contributed by atoms with van der Waals surface area (Å²) in [5, 5.41) is 0. The van der Waals surface area contributed by atoms with Crippen LogP contribution in [0, 0.1) is 0 Å². The topological polar surface area (TPSA) is 59.1 Å². The molecule has 1 aliphatic rings. The molecule has 1 saturated heterocycles. The van der Waals surface area contributed by atoms with Crippen LogP contribution in [0.2, 0.25) is 0 Å². The van der Waals surface area contributed by atoms with E-state index in [4.69, 9.17) is 9.47 Å². The van der Waals surface area contributed by atoms with E-state index in [1.54, 1.807) is 13.2 Å². The summed E-state index contributed by atoms with van der Waals surface area (Å²) in [5.41, 5.74) is 1.59. The van der Waals surface area contributed by atoms with Gasteiger partial charge in [0.25, 0.3) is 5.91 Å². The van der Waals surface area contributed by atoms with Crippen LogP contribution >= 0.6 is 0 Å². The van der Waals surface area contributed by atoms with Gasteiger partial charge in [0.05, 0.1) is 13.7 Å². The third kappa shape index (κ3) is 6.37. The molecule has 0 spiro atoms. The van der Waals surface area contributed by atoms with Crippen molar-refractivity contribution in [1.82, 2.24) is 9.80 Å². The van der Waals surface area contributed by atoms with Crippen LogP contribution in [0.1, 0.15) is 49.0 Å². The molecule has 0 saturated carbocycles. The van der Waals surface area contributed by atoms with Gasteiger partial charge in [-0.2, -0.15) is 0 Å². The largest absolute Gasteiger partial charge is 0.493 e. The second kappa shape index (κ2) is 12.1. The molecule has 1 aliphatic heterocycles. The number of hydrogen-bond acceptors (Lipinski definition) is 4. The fourth-order valence-electron chi connectivity index (χ4n) is 4.18. The van der Waals surface area contributed by atoms with Crippen molar-refractivity contribution in [1.29, 1.82) is 0 Å². The van der Waals surface area contributed by atoms with E-state index in [1.165, 1.54) is 0 Å². The molecule has 6 heteroatoms. The van der Waals surface area contributed by atoms with Crippen LogP contribution in [0.15, 0.2) is 54.6 Å². The number of nitrogens with zero attached hydrogens (tertiary/aromatic N) is 2. The summed E-state index contributed by atoms with van der Waals surface area (Å²) < 4.78 is 11.0. The molecular weight excluding hydrogens is 416 g/mol. The van der Waals surface area contributed by atoms with Crippen molar-refractivity contribution >= 4 is 17.9 Å². The number of likely N-dealkylation sites (tertiary alicyclic amines) is 1. The molecule has 0 radical (unpaired) electrons. The maximum absolute atomic E-state index is 13.1. The summed E-state index contributed by atoms with van der Waals surface area (Å²) in [7, 11) is 1.61. The molecule has 0 aromatic heterocycles. The van der Waals surface area contributed by atoms with E-state index >= 15 is 0 Å². The highest BCUT2D eigenvalue weighted by Crippen LogP contribution is 2.28. The van der Waals surface area contributed by atoms with Crippen molar-refractivity contribution < 1.29 is 19.1 Å². The van der Waals surface area contributed by atoms with Gasteiger partial charge in [0.2, 0.25) is 5.91 Å². The monoisotopic (exact) mass is 450 g/mol. The summed E-state index contributed by atoms with van der Waals surface area (Å²) in [6, 6.07) is 15.1. The van der Waals surface area contributed by atoms with Crippen LogP contribution in [0.25, 0.3) is 6.08 Å². The first-order valence-corrected chi connectivity index (χ1v) is 11.7. The van der Waals surface area contributed by atoms with Gasteiger partial charge in [-0.3, -0.25) is 9.59 Å². The lowest BCUT2D eigenvalue weighted by Crippen LogP contribution is -2.48. The molecule has 3 rings (SSSR count). The lowest BCUT2D eigenvalue weighted by atomic mass is 10.0. The first-order chi connectivity index (χ1) is 16.1. The van der Waals surface area contributed by atoms with E-state index in [1.807, 2.05) is 71.3 Å². The standard InChI is InChI=1S/C27H34N2O4/c1-4-17-29(23-15-18-28(19-16-23)27(31)22-9-7-6-8-10-22)26(30)14-12-21-11-13-24(33-5-2)25(20-21)32-3/h6-14,20,23H,4-5,15-19H2,1-3H3/b14-12+. The zero-order valence-electron chi connectivity index (χ0n) is 19.8. The predicted octanol–water partition coefficient (Wildman–Crippen LogP) is 4.65. The van der Waals surface area contributed by atoms with Crippen LogP contribution in [0.4, 0.5) is 0 Å². The van der Waals surface area contributed by atoms with E-state index in [0.717, 1.165) is 24.8 Å². The van der Waals surface area contributed by atoms with Crippen molar-refractivity contribution in [2.45, 2.75) is 39.2 Å². The SMILES string of the molecule is CCCN(C(=O)/C=C/c1ccc(OCC)c(OC)c1)C1CCN(C(=O)c2ccccc2)CC1. The molecule has 2 aromatic rings. The first-order valence-electron chi connectivity index (χ1n) is 11.7. The van der Waals surface area contributed by atoms with Crippen molar-refractivity contribution in [3.05, 3.63) is 65.7 Å². The Morgan fingerprint density at radius 1 is 1.06 bits per heavy atom. The normalized spacial score (nSPS) is 14.3. The minimum absolute atomic E-state index is 0.00228. The highest BCUT2D eigenvalue weighted by Gasteiger charge is 2.28. The molecule has 33 heavy (non-hydrogen) atoms. The van der Waals surface area contributed by atoms with Crippen LogP contribution in [-0.4, -0.2) is 61.0 Å². The summed E-state index contributed by atoms with van der Waals surface area (Å²) >= 11 is 0. The summed E-state index contributed by atoms with van der Waals surface area (Å²) in [6.45, 7) is 6.59. The number of amides is 2. The van der Waals surface area contributed by atoms with Gasteiger partial charge < -0.3 is 19.3 Å². The Balaban J connectivity index is 1.63. The van der Waals surface area contributed by atoms with Gasteiger partial charge >= 0.3 is 0 Å². The lowest BCUT2D eigenvalue weighted by molar-refractivity contribution is -0.129. The Morgan fingerprint density at radius 2 is 1.79 bits per heavy atom. The molecule has 0 bridgehead atoms. The van der Waals surface area contributed by atoms with E-state index in [9.17, 15) is 9.59 Å². The first kappa shape index (κ1) is 24.4. The van der Waals surface area contributed by atoms with Gasteiger partial charge in [-0.25, -0.2) is 0 Å². The van der Waals surface area contributed by atoms with Crippen LogP contribution < -0.4 is 9.47 Å². The van der Waals surface area contributed by atoms with Crippen molar-refractivity contribution in [3.63, 3.8) is 0 Å². The number of carbonyl (C=O) groups excluding carboxylic acids is 2. The predicted molar refractivity (Wildman–Crippen MR) is 131 cm³/mol. The minimum Gasteiger partial charge on any atom is -0.493 e. The fraction of sp³-hybridized carbons (Fsp3) is 0.407. The van der Waals surface area contributed by atoms with Crippen LogP contribution in [-0.2, 0) is 4.79 Å². The number of carbonyl (C=O) groups is 2. The molecule has 6 nitrogen and oxygen atoms in total. The maximum atomic E-state index is 13.1. The number of methoxy groups -OCH3 is 1. The molecule has 0 atom stereocenters. The molecule has 0 N–H and O–H groups in total. The number of hydrogen-bond donors (Lipinski definition) is 0. The zero-order valence-corrected chi connectivity index (χ0v) is 19.8. The highest BCUT2D eigenvalue weighted by atomic mass is 16.5. The minimum atomic E-state index is -0.00228. The van der Waals surface area contributed by atoms with Gasteiger partial charge in [-0.15, -0.1) is 0 Å². The molecule has 0 unspecified atom stereocenters. The Kier molecular flexibility index (Phi) is 8.93. The average Bonchev–Trinajstić information content (AvgIpc) is 2.87. The highest BCUT2D eigenvalue weighted by molar-refractivity contribution is 5.94. The van der Waals surface area contributed by atoms with Gasteiger partial charge in [0, 0.05) is 37.3 Å². The second-order valence-corrected chi connectivity index (χ2v) is 8.10. The number of benzene rings is 2. The van der Waals surface area contributed by atoms with E-state index in [0.29, 0.717) is 43.3 Å². The Hall–Kier alpha value is -3.28. The number of piperidine rings is 1. The Morgan fingerprint density at radius 3 is 2.42 bits per heavy atom. The van der Waals surface area contributed by atoms with Crippen molar-refractivity contribution in [3.8, 4) is 11.5 Å². The Labute approximate surface area is 196 Å². The quantitative estimate of drug-likeness (QED) is 0.522. The van der Waals surface area contributed by atoms with Gasteiger partial charge in [0.1, 0.15) is 0 Å². The van der Waals surface area contributed by atoms with Crippen LogP contribution in [0.3, 0.4) is 0 Å². The van der Waals surface area contributed by atoms with Crippen molar-refractivity contribution in [2.24, 2.45) is 0 Å². The van der Waals surface area contributed by atoms with Crippen LogP contribution in [0.5, 0.6) is 11.5 Å². The maximum Gasteiger partial charge on any atom is 0.253 e. The average molecular weight is 451 g/mol. The summed E-state index contributed by atoms with van der Waals surface area (Å²) in [6.07, 6.45) is 5.91. The molecule has 1 heterocycles. The summed E-state index contributed by atoms with van der Waals surface area (Å²) in [5.74, 6) is 1.39. The zero-order chi connectivity index (χ0) is 23.6. The molecule has 176 valence electrons. The van der Waals surface area contributed by atoms with Gasteiger partial charge in [-0.05, 0) is 62.1 Å². The molecular formula is C27H34N2O4. The third-order valence-electron chi connectivity index (χ3n) is 5.87. The van der Waals surface area contributed by atoms with E-state index in [2.05, 4.69) is 6.92 Å². The Bertz CT molecular complexity index is 950. The van der Waals surface area contributed by atoms with Crippen molar-refractivity contribution in [2.75, 3.05) is 33.4 Å². The number of rotatable bonds is 9. The molecule has 0 aliphatic carbocycles. The van der Waals surface area contributed by atoms with Gasteiger partial charge in [-0.1, -0.05) is 31.2 Å². The van der Waals surface area contributed by atoms with E-state index < -0.39 is 0 Å². The second-order valence-electron chi connectivity index (χ2n) is 8.10. The summed E-state index contributed by atoms with van der Waals surface area (Å²) in [4.78, 5) is 29.6. The molecule has 2 amide bonds. The fourth-order valence-corrected chi connectivity index (χ4v) is 4.18. The molecule has 1 fully saturated rings. The van der Waals surface area contributed by atoms with E-state index in [-0.39, 0.29) is 17.9 Å². The van der Waals surface area contributed by atoms with Gasteiger partial charge in [0.15, 0.2) is 11.5 Å².